The van der Waals surface area contributed by atoms with E-state index in [0.717, 1.165) is 41.7 Å². The molecule has 3 rings (SSSR count). The molecule has 2 heterocycles. The molecule has 1 amide bonds. The number of likely N-dealkylation sites (tertiary alicyclic amines) is 1. The van der Waals surface area contributed by atoms with Gasteiger partial charge in [-0.2, -0.15) is 0 Å². The lowest BCUT2D eigenvalue weighted by Gasteiger charge is -2.32. The van der Waals surface area contributed by atoms with E-state index in [9.17, 15) is 4.79 Å². The molecule has 5 heteroatoms. The summed E-state index contributed by atoms with van der Waals surface area (Å²) in [6.45, 7) is 1.44. The van der Waals surface area contributed by atoms with E-state index in [-0.39, 0.29) is 12.0 Å². The number of pyridine rings is 1. The zero-order chi connectivity index (χ0) is 15.4. The van der Waals surface area contributed by atoms with E-state index in [1.165, 1.54) is 0 Å². The molecule has 1 aromatic carbocycles. The van der Waals surface area contributed by atoms with Crippen LogP contribution in [-0.2, 0) is 0 Å². The van der Waals surface area contributed by atoms with Crippen LogP contribution in [-0.4, -0.2) is 35.0 Å². The second-order valence-corrected chi connectivity index (χ2v) is 6.22. The Balaban J connectivity index is 1.56. The Morgan fingerprint density at radius 1 is 1.23 bits per heavy atom. The fourth-order valence-electron chi connectivity index (χ4n) is 2.59. The molecule has 0 saturated carbocycles. The zero-order valence-corrected chi connectivity index (χ0v) is 13.7. The highest BCUT2D eigenvalue weighted by molar-refractivity contribution is 9.10. The van der Waals surface area contributed by atoms with Crippen molar-refractivity contribution in [1.29, 1.82) is 0 Å². The molecule has 1 aliphatic heterocycles. The van der Waals surface area contributed by atoms with Gasteiger partial charge in [0.1, 0.15) is 11.9 Å². The van der Waals surface area contributed by atoms with E-state index in [4.69, 9.17) is 4.74 Å². The van der Waals surface area contributed by atoms with Crippen molar-refractivity contribution >= 4 is 21.8 Å². The first-order chi connectivity index (χ1) is 10.7. The summed E-state index contributed by atoms with van der Waals surface area (Å²) in [6, 6.07) is 11.3. The van der Waals surface area contributed by atoms with Gasteiger partial charge in [-0.15, -0.1) is 0 Å². The highest BCUT2D eigenvalue weighted by Gasteiger charge is 2.24. The molecule has 0 bridgehead atoms. The first-order valence-electron chi connectivity index (χ1n) is 7.34. The van der Waals surface area contributed by atoms with Gasteiger partial charge in [0.05, 0.1) is 6.20 Å². The van der Waals surface area contributed by atoms with Crippen LogP contribution in [0.3, 0.4) is 0 Å². The SMILES string of the molecule is O=C(c1cccc(Br)c1)N1CCC(Oc2cccnc2)CC1. The average Bonchev–Trinajstić information content (AvgIpc) is 2.56. The fraction of sp³-hybridized carbons (Fsp3) is 0.294. The molecule has 0 unspecified atom stereocenters. The number of aromatic nitrogens is 1. The maximum absolute atomic E-state index is 12.5. The third-order valence-electron chi connectivity index (χ3n) is 3.74. The summed E-state index contributed by atoms with van der Waals surface area (Å²) in [6.07, 6.45) is 5.28. The van der Waals surface area contributed by atoms with Gasteiger partial charge in [-0.3, -0.25) is 9.78 Å². The predicted molar refractivity (Wildman–Crippen MR) is 87.9 cm³/mol. The quantitative estimate of drug-likeness (QED) is 0.840. The second kappa shape index (κ2) is 6.92. The van der Waals surface area contributed by atoms with E-state index in [1.54, 1.807) is 12.4 Å². The number of rotatable bonds is 3. The lowest BCUT2D eigenvalue weighted by atomic mass is 10.1. The molecular weight excluding hydrogens is 344 g/mol. The Hall–Kier alpha value is -1.88. The van der Waals surface area contributed by atoms with E-state index in [2.05, 4.69) is 20.9 Å². The number of ether oxygens (including phenoxy) is 1. The molecule has 0 aliphatic carbocycles. The number of hydrogen-bond donors (Lipinski definition) is 0. The van der Waals surface area contributed by atoms with Crippen LogP contribution in [0.1, 0.15) is 23.2 Å². The molecule has 0 atom stereocenters. The van der Waals surface area contributed by atoms with Crippen molar-refractivity contribution in [3.63, 3.8) is 0 Å². The highest BCUT2D eigenvalue weighted by atomic mass is 79.9. The molecule has 1 fully saturated rings. The summed E-state index contributed by atoms with van der Waals surface area (Å²) in [5, 5.41) is 0. The molecule has 2 aromatic rings. The van der Waals surface area contributed by atoms with Gasteiger partial charge in [-0.1, -0.05) is 22.0 Å². The Morgan fingerprint density at radius 3 is 2.73 bits per heavy atom. The second-order valence-electron chi connectivity index (χ2n) is 5.31. The molecule has 1 aromatic heterocycles. The van der Waals surface area contributed by atoms with Crippen LogP contribution < -0.4 is 4.74 Å². The van der Waals surface area contributed by atoms with Crippen molar-refractivity contribution in [2.24, 2.45) is 0 Å². The lowest BCUT2D eigenvalue weighted by Crippen LogP contribution is -2.41. The molecule has 1 saturated heterocycles. The van der Waals surface area contributed by atoms with E-state index in [1.807, 2.05) is 41.3 Å². The fourth-order valence-corrected chi connectivity index (χ4v) is 2.99. The lowest BCUT2D eigenvalue weighted by molar-refractivity contribution is 0.0595. The summed E-state index contributed by atoms with van der Waals surface area (Å²) < 4.78 is 6.82. The summed E-state index contributed by atoms with van der Waals surface area (Å²) in [5.41, 5.74) is 0.723. The minimum atomic E-state index is 0.0844. The first kappa shape index (κ1) is 15.0. The summed E-state index contributed by atoms with van der Waals surface area (Å²) in [5.74, 6) is 0.875. The van der Waals surface area contributed by atoms with Crippen molar-refractivity contribution in [2.75, 3.05) is 13.1 Å². The van der Waals surface area contributed by atoms with Gasteiger partial charge in [-0.25, -0.2) is 0 Å². The summed E-state index contributed by atoms with van der Waals surface area (Å²) >= 11 is 3.40. The molecule has 114 valence electrons. The highest BCUT2D eigenvalue weighted by Crippen LogP contribution is 2.20. The van der Waals surface area contributed by atoms with Gasteiger partial charge < -0.3 is 9.64 Å². The molecule has 0 radical (unpaired) electrons. The topological polar surface area (TPSA) is 42.4 Å². The number of amides is 1. The monoisotopic (exact) mass is 360 g/mol. The molecule has 22 heavy (non-hydrogen) atoms. The molecule has 4 nitrogen and oxygen atoms in total. The van der Waals surface area contributed by atoms with Crippen molar-refractivity contribution in [3.8, 4) is 5.75 Å². The number of nitrogens with zero attached hydrogens (tertiary/aromatic N) is 2. The van der Waals surface area contributed by atoms with E-state index < -0.39 is 0 Å². The third kappa shape index (κ3) is 3.65. The average molecular weight is 361 g/mol. The van der Waals surface area contributed by atoms with Crippen LogP contribution >= 0.6 is 15.9 Å². The Kier molecular flexibility index (Phi) is 4.73. The molecule has 1 aliphatic rings. The largest absolute Gasteiger partial charge is 0.489 e. The van der Waals surface area contributed by atoms with E-state index >= 15 is 0 Å². The number of halogens is 1. The standard InChI is InChI=1S/C17H17BrN2O2/c18-14-4-1-3-13(11-14)17(21)20-9-6-15(7-10-20)22-16-5-2-8-19-12-16/h1-5,8,11-12,15H,6-7,9-10H2. The van der Waals surface area contributed by atoms with Crippen LogP contribution in [0, 0.1) is 0 Å². The van der Waals surface area contributed by atoms with Crippen LogP contribution in [0.4, 0.5) is 0 Å². The molecule has 0 N–H and O–H groups in total. The number of piperidine rings is 1. The normalized spacial score (nSPS) is 15.6. The summed E-state index contributed by atoms with van der Waals surface area (Å²) in [7, 11) is 0. The van der Waals surface area contributed by atoms with Gasteiger partial charge in [0, 0.05) is 42.2 Å². The number of hydrogen-bond acceptors (Lipinski definition) is 3. The maximum Gasteiger partial charge on any atom is 0.253 e. The minimum Gasteiger partial charge on any atom is -0.489 e. The Labute approximate surface area is 138 Å². The van der Waals surface area contributed by atoms with Crippen LogP contribution in [0.2, 0.25) is 0 Å². The third-order valence-corrected chi connectivity index (χ3v) is 4.23. The summed E-state index contributed by atoms with van der Waals surface area (Å²) in [4.78, 5) is 18.4. The first-order valence-corrected chi connectivity index (χ1v) is 8.13. The predicted octanol–water partition coefficient (Wildman–Crippen LogP) is 3.53. The van der Waals surface area contributed by atoms with Crippen molar-refractivity contribution in [2.45, 2.75) is 18.9 Å². The van der Waals surface area contributed by atoms with Crippen molar-refractivity contribution in [1.82, 2.24) is 9.88 Å². The van der Waals surface area contributed by atoms with Crippen LogP contribution in [0.5, 0.6) is 5.75 Å². The van der Waals surface area contributed by atoms with Crippen LogP contribution in [0.15, 0.2) is 53.3 Å². The van der Waals surface area contributed by atoms with E-state index in [0.29, 0.717) is 0 Å². The van der Waals surface area contributed by atoms with Crippen molar-refractivity contribution in [3.05, 3.63) is 58.8 Å². The molecular formula is C17H17BrN2O2. The Bertz CT molecular complexity index is 640. The minimum absolute atomic E-state index is 0.0844. The van der Waals surface area contributed by atoms with Gasteiger partial charge in [0.2, 0.25) is 0 Å². The van der Waals surface area contributed by atoms with Gasteiger partial charge >= 0.3 is 0 Å². The van der Waals surface area contributed by atoms with Crippen LogP contribution in [0.25, 0.3) is 0 Å². The number of carbonyl (C=O) groups is 1. The van der Waals surface area contributed by atoms with Crippen molar-refractivity contribution < 1.29 is 9.53 Å². The maximum atomic E-state index is 12.5. The Morgan fingerprint density at radius 2 is 2.05 bits per heavy atom. The zero-order valence-electron chi connectivity index (χ0n) is 12.1. The number of benzene rings is 1. The number of carbonyl (C=O) groups excluding carboxylic acids is 1. The van der Waals surface area contributed by atoms with Gasteiger partial charge in [0.15, 0.2) is 0 Å². The van der Waals surface area contributed by atoms with Gasteiger partial charge in [0.25, 0.3) is 5.91 Å². The molecule has 0 spiro atoms. The van der Waals surface area contributed by atoms with Gasteiger partial charge in [-0.05, 0) is 30.3 Å². The smallest absolute Gasteiger partial charge is 0.253 e.